The number of hydrogen-bond donors (Lipinski definition) is 2. The molecular weight excluding hydrogens is 242 g/mol. The minimum absolute atomic E-state index is 0.0882. The van der Waals surface area contributed by atoms with Gasteiger partial charge in [0, 0.05) is 6.42 Å². The number of unbranched alkanes of at least 4 members (excludes halogenated alkanes) is 2. The Kier molecular flexibility index (Phi) is 6.07. The lowest BCUT2D eigenvalue weighted by molar-refractivity contribution is -0.121. The number of benzene rings is 1. The van der Waals surface area contributed by atoms with Crippen LogP contribution in [0, 0.1) is 11.6 Å². The Labute approximate surface area is 104 Å². The van der Waals surface area contributed by atoms with Crippen LogP contribution in [0.15, 0.2) is 18.2 Å². The third-order valence-electron chi connectivity index (χ3n) is 2.38. The van der Waals surface area contributed by atoms with E-state index in [0.29, 0.717) is 19.3 Å². The summed E-state index contributed by atoms with van der Waals surface area (Å²) in [5, 5.41) is 0. The maximum absolute atomic E-state index is 13.2. The van der Waals surface area contributed by atoms with Crippen LogP contribution in [-0.2, 0) is 4.79 Å². The summed E-state index contributed by atoms with van der Waals surface area (Å²) in [5.74, 6) is 2.72. The average molecular weight is 258 g/mol. The van der Waals surface area contributed by atoms with E-state index in [2.05, 4.69) is 0 Å². The maximum atomic E-state index is 13.2. The van der Waals surface area contributed by atoms with Gasteiger partial charge in [-0.2, -0.15) is 4.39 Å². The largest absolute Gasteiger partial charge is 0.490 e. The molecule has 0 heterocycles. The summed E-state index contributed by atoms with van der Waals surface area (Å²) in [5.41, 5.74) is 2.03. The Morgan fingerprint density at radius 1 is 1.28 bits per heavy atom. The van der Waals surface area contributed by atoms with Crippen LogP contribution in [0.4, 0.5) is 8.78 Å². The zero-order valence-electron chi connectivity index (χ0n) is 9.92. The van der Waals surface area contributed by atoms with Gasteiger partial charge in [0.05, 0.1) is 6.61 Å². The van der Waals surface area contributed by atoms with Crippen molar-refractivity contribution in [1.29, 1.82) is 0 Å². The molecule has 0 aliphatic rings. The summed E-state index contributed by atoms with van der Waals surface area (Å²) >= 11 is 0. The highest BCUT2D eigenvalue weighted by atomic mass is 19.2. The van der Waals surface area contributed by atoms with Crippen LogP contribution in [0.25, 0.3) is 0 Å². The first-order valence-electron chi connectivity index (χ1n) is 5.71. The van der Waals surface area contributed by atoms with Gasteiger partial charge in [-0.25, -0.2) is 10.2 Å². The molecule has 100 valence electrons. The first-order chi connectivity index (χ1) is 8.65. The van der Waals surface area contributed by atoms with E-state index in [1.54, 1.807) is 0 Å². The zero-order valence-corrected chi connectivity index (χ0v) is 9.92. The van der Waals surface area contributed by atoms with Crippen LogP contribution in [0.1, 0.15) is 25.7 Å². The maximum Gasteiger partial charge on any atom is 0.233 e. The van der Waals surface area contributed by atoms with Crippen LogP contribution in [0.3, 0.4) is 0 Å². The molecule has 0 fully saturated rings. The lowest BCUT2D eigenvalue weighted by Gasteiger charge is -2.07. The van der Waals surface area contributed by atoms with Crippen LogP contribution in [0.2, 0.25) is 0 Å². The SMILES string of the molecule is NNC(=O)CCCCCOc1cccc(F)c1F. The summed E-state index contributed by atoms with van der Waals surface area (Å²) in [7, 11) is 0. The second kappa shape index (κ2) is 7.60. The van der Waals surface area contributed by atoms with Crippen molar-refractivity contribution in [3.05, 3.63) is 29.8 Å². The van der Waals surface area contributed by atoms with Gasteiger partial charge in [0.1, 0.15) is 0 Å². The van der Waals surface area contributed by atoms with Crippen molar-refractivity contribution >= 4 is 5.91 Å². The Morgan fingerprint density at radius 2 is 2.06 bits per heavy atom. The first kappa shape index (κ1) is 14.4. The number of halogens is 2. The smallest absolute Gasteiger partial charge is 0.233 e. The van der Waals surface area contributed by atoms with E-state index in [1.807, 2.05) is 5.43 Å². The van der Waals surface area contributed by atoms with E-state index in [4.69, 9.17) is 10.6 Å². The van der Waals surface area contributed by atoms with E-state index >= 15 is 0 Å². The van der Waals surface area contributed by atoms with Crippen molar-refractivity contribution in [2.24, 2.45) is 5.84 Å². The molecule has 1 amide bonds. The van der Waals surface area contributed by atoms with Crippen LogP contribution in [0.5, 0.6) is 5.75 Å². The van der Waals surface area contributed by atoms with Gasteiger partial charge < -0.3 is 4.74 Å². The fourth-order valence-corrected chi connectivity index (χ4v) is 1.41. The third-order valence-corrected chi connectivity index (χ3v) is 2.38. The van der Waals surface area contributed by atoms with E-state index in [9.17, 15) is 13.6 Å². The topological polar surface area (TPSA) is 64.3 Å². The first-order valence-corrected chi connectivity index (χ1v) is 5.71. The molecule has 0 radical (unpaired) electrons. The molecule has 0 bridgehead atoms. The predicted molar refractivity (Wildman–Crippen MR) is 62.7 cm³/mol. The molecule has 0 saturated heterocycles. The molecule has 0 unspecified atom stereocenters. The highest BCUT2D eigenvalue weighted by Crippen LogP contribution is 2.19. The quantitative estimate of drug-likeness (QED) is 0.340. The van der Waals surface area contributed by atoms with Crippen molar-refractivity contribution in [3.63, 3.8) is 0 Å². The number of nitrogens with two attached hydrogens (primary N) is 1. The number of amides is 1. The average Bonchev–Trinajstić information content (AvgIpc) is 2.38. The molecular formula is C12H16F2N2O2. The fourth-order valence-electron chi connectivity index (χ4n) is 1.41. The molecule has 1 aromatic carbocycles. The second-order valence-electron chi connectivity index (χ2n) is 3.78. The molecule has 4 nitrogen and oxygen atoms in total. The highest BCUT2D eigenvalue weighted by Gasteiger charge is 2.08. The summed E-state index contributed by atoms with van der Waals surface area (Å²) < 4.78 is 31.1. The molecule has 0 atom stereocenters. The van der Waals surface area contributed by atoms with Gasteiger partial charge >= 0.3 is 0 Å². The van der Waals surface area contributed by atoms with Crippen LogP contribution < -0.4 is 16.0 Å². The lowest BCUT2D eigenvalue weighted by Crippen LogP contribution is -2.29. The van der Waals surface area contributed by atoms with E-state index < -0.39 is 11.6 Å². The molecule has 0 spiro atoms. The van der Waals surface area contributed by atoms with Crippen LogP contribution in [-0.4, -0.2) is 12.5 Å². The Balaban J connectivity index is 2.18. The number of hydrazine groups is 1. The van der Waals surface area contributed by atoms with Crippen molar-refractivity contribution < 1.29 is 18.3 Å². The molecule has 0 aliphatic heterocycles. The molecule has 1 aromatic rings. The molecule has 0 saturated carbocycles. The third kappa shape index (κ3) is 4.67. The molecule has 1 rings (SSSR count). The van der Waals surface area contributed by atoms with Gasteiger partial charge in [-0.15, -0.1) is 0 Å². The number of carbonyl (C=O) groups is 1. The fraction of sp³-hybridized carbons (Fsp3) is 0.417. The Hall–Kier alpha value is -1.69. The van der Waals surface area contributed by atoms with Gasteiger partial charge in [0.2, 0.25) is 11.7 Å². The van der Waals surface area contributed by atoms with Crippen LogP contribution >= 0.6 is 0 Å². The molecule has 18 heavy (non-hydrogen) atoms. The van der Waals surface area contributed by atoms with Gasteiger partial charge in [0.15, 0.2) is 11.6 Å². The number of rotatable bonds is 7. The van der Waals surface area contributed by atoms with Gasteiger partial charge in [-0.1, -0.05) is 6.07 Å². The molecule has 0 aliphatic carbocycles. The van der Waals surface area contributed by atoms with E-state index in [-0.39, 0.29) is 18.3 Å². The normalized spacial score (nSPS) is 10.2. The zero-order chi connectivity index (χ0) is 13.4. The Morgan fingerprint density at radius 3 is 2.78 bits per heavy atom. The second-order valence-corrected chi connectivity index (χ2v) is 3.78. The van der Waals surface area contributed by atoms with Crippen molar-refractivity contribution in [1.82, 2.24) is 5.43 Å². The lowest BCUT2D eigenvalue weighted by atomic mass is 10.2. The number of nitrogens with one attached hydrogen (secondary N) is 1. The summed E-state index contributed by atoms with van der Waals surface area (Å²) in [6, 6.07) is 3.80. The highest BCUT2D eigenvalue weighted by molar-refractivity contribution is 5.74. The number of ether oxygens (including phenoxy) is 1. The number of hydrogen-bond acceptors (Lipinski definition) is 3. The molecule has 6 heteroatoms. The monoisotopic (exact) mass is 258 g/mol. The standard InChI is InChI=1S/C12H16F2N2O2/c13-9-5-4-6-10(12(9)14)18-8-3-1-2-7-11(17)16-15/h4-6H,1-3,7-8,15H2,(H,16,17). The van der Waals surface area contributed by atoms with Crippen molar-refractivity contribution in [3.8, 4) is 5.75 Å². The van der Waals surface area contributed by atoms with Crippen molar-refractivity contribution in [2.75, 3.05) is 6.61 Å². The summed E-state index contributed by atoms with van der Waals surface area (Å²) in [6.45, 7) is 0.282. The van der Waals surface area contributed by atoms with Gasteiger partial charge in [-0.3, -0.25) is 10.2 Å². The van der Waals surface area contributed by atoms with E-state index in [0.717, 1.165) is 12.5 Å². The van der Waals surface area contributed by atoms with Crippen molar-refractivity contribution in [2.45, 2.75) is 25.7 Å². The Bertz CT molecular complexity index is 400. The predicted octanol–water partition coefficient (Wildman–Crippen LogP) is 1.89. The van der Waals surface area contributed by atoms with E-state index in [1.165, 1.54) is 12.1 Å². The number of carbonyl (C=O) groups excluding carboxylic acids is 1. The van der Waals surface area contributed by atoms with Gasteiger partial charge in [0.25, 0.3) is 0 Å². The summed E-state index contributed by atoms with van der Waals surface area (Å²) in [4.78, 5) is 10.8. The molecule has 0 aromatic heterocycles. The molecule has 3 N–H and O–H groups in total. The summed E-state index contributed by atoms with van der Waals surface area (Å²) in [6.07, 6.45) is 2.45. The minimum atomic E-state index is -0.972. The minimum Gasteiger partial charge on any atom is -0.490 e. The van der Waals surface area contributed by atoms with Gasteiger partial charge in [-0.05, 0) is 31.4 Å².